The number of rotatable bonds is 3. The van der Waals surface area contributed by atoms with E-state index < -0.39 is 6.67 Å². The Morgan fingerprint density at radius 1 is 1.46 bits per heavy atom. The lowest BCUT2D eigenvalue weighted by Crippen LogP contribution is -1.95. The molecule has 1 aromatic rings. The maximum absolute atomic E-state index is 12.3. The molecule has 0 N–H and O–H groups in total. The predicted molar refractivity (Wildman–Crippen MR) is 54.0 cm³/mol. The predicted octanol–water partition coefficient (Wildman–Crippen LogP) is 3.15. The molecule has 0 aromatic carbocycles. The molecule has 0 saturated heterocycles. The van der Waals surface area contributed by atoms with Gasteiger partial charge < -0.3 is 0 Å². The van der Waals surface area contributed by atoms with Crippen molar-refractivity contribution in [2.75, 3.05) is 0 Å². The van der Waals surface area contributed by atoms with Gasteiger partial charge in [0.1, 0.15) is 6.67 Å². The molecule has 0 unspecified atom stereocenters. The van der Waals surface area contributed by atoms with Gasteiger partial charge in [-0.05, 0) is 24.6 Å². The molecule has 0 fully saturated rings. The number of alkyl halides is 1. The van der Waals surface area contributed by atoms with Gasteiger partial charge in [-0.2, -0.15) is 0 Å². The van der Waals surface area contributed by atoms with E-state index >= 15 is 0 Å². The van der Waals surface area contributed by atoms with Crippen molar-refractivity contribution in [3.63, 3.8) is 0 Å². The molecule has 0 aliphatic heterocycles. The molecular formula is C11H12FN. The van der Waals surface area contributed by atoms with E-state index in [2.05, 4.69) is 18.1 Å². The highest BCUT2D eigenvalue weighted by Crippen LogP contribution is 2.16. The minimum Gasteiger partial charge on any atom is -0.250 e. The van der Waals surface area contributed by atoms with Crippen LogP contribution in [0, 0.1) is 6.92 Å². The molecular weight excluding hydrogens is 165 g/mol. The van der Waals surface area contributed by atoms with Crippen LogP contribution in [0.3, 0.4) is 0 Å². The summed E-state index contributed by atoms with van der Waals surface area (Å²) in [6.45, 7) is 8.66. The SMILES string of the molecule is C=Cc1nc(CF)cc(C)c1C=C. The number of pyridine rings is 1. The molecule has 68 valence electrons. The van der Waals surface area contributed by atoms with Crippen LogP contribution in [0.1, 0.15) is 22.5 Å². The van der Waals surface area contributed by atoms with Gasteiger partial charge in [0.15, 0.2) is 0 Å². The van der Waals surface area contributed by atoms with Crippen LogP contribution in [0.25, 0.3) is 12.2 Å². The van der Waals surface area contributed by atoms with Crippen LogP contribution in [-0.4, -0.2) is 4.98 Å². The van der Waals surface area contributed by atoms with Crippen molar-refractivity contribution in [1.82, 2.24) is 4.98 Å². The summed E-state index contributed by atoms with van der Waals surface area (Å²) in [7, 11) is 0. The quantitative estimate of drug-likeness (QED) is 0.691. The minimum atomic E-state index is -0.543. The maximum Gasteiger partial charge on any atom is 0.131 e. The Hall–Kier alpha value is -1.44. The average Bonchev–Trinajstić information content (AvgIpc) is 2.16. The van der Waals surface area contributed by atoms with Gasteiger partial charge in [-0.3, -0.25) is 4.98 Å². The molecule has 0 aliphatic rings. The zero-order chi connectivity index (χ0) is 9.84. The molecule has 1 aromatic heterocycles. The lowest BCUT2D eigenvalue weighted by atomic mass is 10.1. The van der Waals surface area contributed by atoms with Crippen molar-refractivity contribution in [2.45, 2.75) is 13.6 Å². The van der Waals surface area contributed by atoms with Crippen molar-refractivity contribution in [3.05, 3.63) is 41.7 Å². The van der Waals surface area contributed by atoms with Gasteiger partial charge in [0.05, 0.1) is 11.4 Å². The molecule has 0 bridgehead atoms. The minimum absolute atomic E-state index is 0.443. The summed E-state index contributed by atoms with van der Waals surface area (Å²) in [6.07, 6.45) is 3.32. The lowest BCUT2D eigenvalue weighted by Gasteiger charge is -2.06. The first-order chi connectivity index (χ1) is 6.22. The van der Waals surface area contributed by atoms with Crippen LogP contribution in [0.5, 0.6) is 0 Å². The highest BCUT2D eigenvalue weighted by Gasteiger charge is 2.04. The van der Waals surface area contributed by atoms with Crippen molar-refractivity contribution in [2.24, 2.45) is 0 Å². The van der Waals surface area contributed by atoms with Gasteiger partial charge in [0, 0.05) is 5.56 Å². The molecule has 0 saturated carbocycles. The highest BCUT2D eigenvalue weighted by atomic mass is 19.1. The van der Waals surface area contributed by atoms with Gasteiger partial charge in [-0.15, -0.1) is 0 Å². The topological polar surface area (TPSA) is 12.9 Å². The number of hydrogen-bond donors (Lipinski definition) is 0. The molecule has 1 heterocycles. The van der Waals surface area contributed by atoms with Gasteiger partial charge in [0.2, 0.25) is 0 Å². The Labute approximate surface area is 77.6 Å². The first kappa shape index (κ1) is 9.65. The van der Waals surface area contributed by atoms with Crippen molar-refractivity contribution in [1.29, 1.82) is 0 Å². The van der Waals surface area contributed by atoms with Gasteiger partial charge in [-0.25, -0.2) is 4.39 Å². The van der Waals surface area contributed by atoms with Crippen molar-refractivity contribution in [3.8, 4) is 0 Å². The normalized spacial score (nSPS) is 9.69. The first-order valence-electron chi connectivity index (χ1n) is 4.04. The van der Waals surface area contributed by atoms with Crippen molar-refractivity contribution < 1.29 is 4.39 Å². The first-order valence-corrected chi connectivity index (χ1v) is 4.04. The Bertz CT molecular complexity index is 342. The van der Waals surface area contributed by atoms with Gasteiger partial charge >= 0.3 is 0 Å². The number of aromatic nitrogens is 1. The third kappa shape index (κ3) is 1.83. The van der Waals surface area contributed by atoms with E-state index in [0.29, 0.717) is 11.4 Å². The third-order valence-electron chi connectivity index (χ3n) is 1.88. The molecule has 0 spiro atoms. The van der Waals surface area contributed by atoms with Crippen LogP contribution in [0.2, 0.25) is 0 Å². The Kier molecular flexibility index (Phi) is 2.96. The smallest absolute Gasteiger partial charge is 0.131 e. The third-order valence-corrected chi connectivity index (χ3v) is 1.88. The number of halogens is 1. The standard InChI is InChI=1S/C11H12FN/c1-4-10-8(3)6-9(7-12)13-11(10)5-2/h4-6H,1-2,7H2,3H3. The van der Waals surface area contributed by atoms with Gasteiger partial charge in [-0.1, -0.05) is 19.2 Å². The Balaban J connectivity index is 3.36. The molecule has 2 heteroatoms. The largest absolute Gasteiger partial charge is 0.250 e. The zero-order valence-corrected chi connectivity index (χ0v) is 7.68. The molecule has 1 nitrogen and oxygen atoms in total. The van der Waals surface area contributed by atoms with E-state index in [4.69, 9.17) is 0 Å². The van der Waals surface area contributed by atoms with Crippen LogP contribution < -0.4 is 0 Å². The molecule has 0 atom stereocenters. The second kappa shape index (κ2) is 3.99. The summed E-state index contributed by atoms with van der Waals surface area (Å²) in [5.74, 6) is 0. The van der Waals surface area contributed by atoms with Crippen LogP contribution in [0.15, 0.2) is 19.2 Å². The summed E-state index contributed by atoms with van der Waals surface area (Å²) in [5, 5.41) is 0. The van der Waals surface area contributed by atoms with E-state index in [1.807, 2.05) is 6.92 Å². The fourth-order valence-corrected chi connectivity index (χ4v) is 1.27. The molecule has 1 rings (SSSR count). The van der Waals surface area contributed by atoms with E-state index in [9.17, 15) is 4.39 Å². The van der Waals surface area contributed by atoms with E-state index in [-0.39, 0.29) is 0 Å². The van der Waals surface area contributed by atoms with E-state index in [1.54, 1.807) is 18.2 Å². The average molecular weight is 177 g/mol. The van der Waals surface area contributed by atoms with Crippen LogP contribution in [0.4, 0.5) is 4.39 Å². The summed E-state index contributed by atoms with van der Waals surface area (Å²) in [5.41, 5.74) is 3.04. The van der Waals surface area contributed by atoms with Crippen LogP contribution >= 0.6 is 0 Å². The Morgan fingerprint density at radius 3 is 2.62 bits per heavy atom. The Morgan fingerprint density at radius 2 is 2.15 bits per heavy atom. The molecule has 0 radical (unpaired) electrons. The van der Waals surface area contributed by atoms with Gasteiger partial charge in [0.25, 0.3) is 0 Å². The monoisotopic (exact) mass is 177 g/mol. The summed E-state index contributed by atoms with van der Waals surface area (Å²) < 4.78 is 12.3. The van der Waals surface area contributed by atoms with Crippen molar-refractivity contribution >= 4 is 12.2 Å². The molecule has 0 aliphatic carbocycles. The fraction of sp³-hybridized carbons (Fsp3) is 0.182. The maximum atomic E-state index is 12.3. The zero-order valence-electron chi connectivity index (χ0n) is 7.68. The molecule has 13 heavy (non-hydrogen) atoms. The lowest BCUT2D eigenvalue weighted by molar-refractivity contribution is 0.475. The number of hydrogen-bond acceptors (Lipinski definition) is 1. The summed E-state index contributed by atoms with van der Waals surface area (Å²) in [6, 6.07) is 1.73. The number of nitrogens with zero attached hydrogens (tertiary/aromatic N) is 1. The van der Waals surface area contributed by atoms with E-state index in [0.717, 1.165) is 11.1 Å². The number of aryl methyl sites for hydroxylation is 1. The fourth-order valence-electron chi connectivity index (χ4n) is 1.27. The van der Waals surface area contributed by atoms with E-state index in [1.165, 1.54) is 0 Å². The highest BCUT2D eigenvalue weighted by molar-refractivity contribution is 5.63. The second-order valence-corrected chi connectivity index (χ2v) is 2.77. The summed E-state index contributed by atoms with van der Waals surface area (Å²) >= 11 is 0. The van der Waals surface area contributed by atoms with Crippen LogP contribution in [-0.2, 0) is 6.67 Å². The second-order valence-electron chi connectivity index (χ2n) is 2.77. The molecule has 0 amide bonds. The summed E-state index contributed by atoms with van der Waals surface area (Å²) in [4.78, 5) is 4.08.